The number of amides is 1. The Kier molecular flexibility index (Phi) is 5.84. The molecule has 0 aliphatic rings. The molecule has 3 rings (SSSR count). The van der Waals surface area contributed by atoms with E-state index in [-0.39, 0.29) is 5.69 Å². The van der Waals surface area contributed by atoms with E-state index >= 15 is 0 Å². The third kappa shape index (κ3) is 4.72. The molecule has 0 spiro atoms. The van der Waals surface area contributed by atoms with Crippen molar-refractivity contribution in [2.75, 3.05) is 0 Å². The van der Waals surface area contributed by atoms with Crippen molar-refractivity contribution >= 4 is 23.5 Å². The van der Waals surface area contributed by atoms with Gasteiger partial charge in [-0.2, -0.15) is 0 Å². The van der Waals surface area contributed by atoms with Crippen LogP contribution >= 0.6 is 11.6 Å². The van der Waals surface area contributed by atoms with Crippen molar-refractivity contribution in [3.8, 4) is 5.69 Å². The maximum atomic E-state index is 13.4. The molecule has 0 fully saturated rings. The van der Waals surface area contributed by atoms with Gasteiger partial charge in [-0.15, -0.1) is 0 Å². The van der Waals surface area contributed by atoms with Crippen LogP contribution in [0.3, 0.4) is 0 Å². The number of carboxylic acids is 1. The maximum Gasteiger partial charge on any atom is 0.305 e. The van der Waals surface area contributed by atoms with Crippen LogP contribution in [0.5, 0.6) is 0 Å². The fourth-order valence-electron chi connectivity index (χ4n) is 2.97. The fourth-order valence-corrected chi connectivity index (χ4v) is 3.10. The number of aliphatic carboxylic acids is 1. The van der Waals surface area contributed by atoms with Crippen LogP contribution in [0.2, 0.25) is 5.02 Å². The van der Waals surface area contributed by atoms with E-state index in [4.69, 9.17) is 11.6 Å². The Hall–Kier alpha value is -3.39. The molecule has 3 aromatic rings. The molecule has 9 heteroatoms. The number of aromatic amines is 1. The average Bonchev–Trinajstić information content (AvgIpc) is 3.03. The molecule has 0 aliphatic heterocycles. The highest BCUT2D eigenvalue weighted by atomic mass is 35.5. The molecule has 3 N–H and O–H groups in total. The van der Waals surface area contributed by atoms with Crippen LogP contribution in [0, 0.1) is 12.7 Å². The normalized spacial score (nSPS) is 11.8. The third-order valence-electron chi connectivity index (χ3n) is 4.34. The minimum atomic E-state index is -1.13. The van der Waals surface area contributed by atoms with Gasteiger partial charge in [0.25, 0.3) is 11.5 Å². The van der Waals surface area contributed by atoms with Gasteiger partial charge in [-0.1, -0.05) is 17.7 Å². The number of aryl methyl sites for hydroxylation is 1. The minimum Gasteiger partial charge on any atom is -0.481 e. The Morgan fingerprint density at radius 1 is 1.21 bits per heavy atom. The summed E-state index contributed by atoms with van der Waals surface area (Å²) >= 11 is 5.84. The molecule has 1 heterocycles. The molecule has 1 unspecified atom stereocenters. The molecule has 0 saturated heterocycles. The van der Waals surface area contributed by atoms with Crippen LogP contribution in [0.4, 0.5) is 4.39 Å². The summed E-state index contributed by atoms with van der Waals surface area (Å²) in [4.78, 5) is 36.1. The van der Waals surface area contributed by atoms with Crippen molar-refractivity contribution in [2.24, 2.45) is 0 Å². The van der Waals surface area contributed by atoms with E-state index in [2.05, 4.69) is 10.4 Å². The van der Waals surface area contributed by atoms with Crippen molar-refractivity contribution in [2.45, 2.75) is 19.4 Å². The lowest BCUT2D eigenvalue weighted by Gasteiger charge is -2.19. The highest BCUT2D eigenvalue weighted by molar-refractivity contribution is 6.30. The van der Waals surface area contributed by atoms with Gasteiger partial charge in [0.05, 0.1) is 18.2 Å². The molecule has 1 amide bonds. The summed E-state index contributed by atoms with van der Waals surface area (Å²) in [6.07, 6.45) is -0.402. The first-order valence-electron chi connectivity index (χ1n) is 8.61. The number of hydrogen-bond donors (Lipinski definition) is 3. The molecular formula is C20H17ClFN3O4. The largest absolute Gasteiger partial charge is 0.481 e. The molecular weight excluding hydrogens is 401 g/mol. The molecule has 0 bridgehead atoms. The average molecular weight is 418 g/mol. The van der Waals surface area contributed by atoms with E-state index in [9.17, 15) is 23.9 Å². The first kappa shape index (κ1) is 20.3. The van der Waals surface area contributed by atoms with E-state index in [1.165, 1.54) is 22.9 Å². The van der Waals surface area contributed by atoms with Gasteiger partial charge in [-0.05, 0) is 54.4 Å². The lowest BCUT2D eigenvalue weighted by atomic mass is 9.98. The summed E-state index contributed by atoms with van der Waals surface area (Å²) in [7, 11) is 0. The highest BCUT2D eigenvalue weighted by Crippen LogP contribution is 2.22. The number of carbonyl (C=O) groups excluding carboxylic acids is 1. The van der Waals surface area contributed by atoms with Crippen molar-refractivity contribution in [3.05, 3.63) is 86.5 Å². The number of H-pyrrole nitrogens is 1. The van der Waals surface area contributed by atoms with E-state index in [0.717, 1.165) is 6.07 Å². The zero-order valence-electron chi connectivity index (χ0n) is 15.3. The Bertz CT molecular complexity index is 1120. The number of halogens is 2. The van der Waals surface area contributed by atoms with E-state index in [1.54, 1.807) is 31.2 Å². The standard InChI is InChI=1S/C20H17ClFN3O4/c1-11-8-13(22)4-7-15(11)16(10-19(27)28)23-20(29)17-9-18(26)25(24-17)14-5-2-12(21)3-6-14/h2-9,16,24H,10H2,1H3,(H,23,29)(H,27,28). The first-order chi connectivity index (χ1) is 13.7. The number of hydrogen-bond acceptors (Lipinski definition) is 3. The third-order valence-corrected chi connectivity index (χ3v) is 4.59. The number of aromatic nitrogens is 2. The smallest absolute Gasteiger partial charge is 0.305 e. The summed E-state index contributed by atoms with van der Waals surface area (Å²) in [6.45, 7) is 1.62. The van der Waals surface area contributed by atoms with Gasteiger partial charge < -0.3 is 10.4 Å². The SMILES string of the molecule is Cc1cc(F)ccc1C(CC(=O)O)NC(=O)c1cc(=O)n(-c2ccc(Cl)cc2)[nH]1. The number of nitrogens with one attached hydrogen (secondary N) is 2. The monoisotopic (exact) mass is 417 g/mol. The van der Waals surface area contributed by atoms with Crippen LogP contribution in [0.1, 0.15) is 34.1 Å². The van der Waals surface area contributed by atoms with Gasteiger partial charge in [0, 0.05) is 11.1 Å². The predicted molar refractivity (Wildman–Crippen MR) is 105 cm³/mol. The fraction of sp³-hybridized carbons (Fsp3) is 0.150. The predicted octanol–water partition coefficient (Wildman–Crippen LogP) is 3.21. The molecule has 1 aromatic heterocycles. The van der Waals surface area contributed by atoms with E-state index in [1.807, 2.05) is 0 Å². The zero-order chi connectivity index (χ0) is 21.1. The van der Waals surface area contributed by atoms with Gasteiger partial charge in [0.1, 0.15) is 11.5 Å². The van der Waals surface area contributed by atoms with Crippen LogP contribution in [0.25, 0.3) is 5.69 Å². The molecule has 1 atom stereocenters. The zero-order valence-corrected chi connectivity index (χ0v) is 16.0. The van der Waals surface area contributed by atoms with Crippen LogP contribution < -0.4 is 10.9 Å². The number of carboxylic acid groups (broad SMARTS) is 1. The van der Waals surface area contributed by atoms with Crippen molar-refractivity contribution in [1.82, 2.24) is 15.1 Å². The Balaban J connectivity index is 1.88. The van der Waals surface area contributed by atoms with Crippen LogP contribution in [-0.4, -0.2) is 26.8 Å². The summed E-state index contributed by atoms with van der Waals surface area (Å²) < 4.78 is 14.5. The molecule has 0 aliphatic carbocycles. The molecule has 0 saturated carbocycles. The number of rotatable bonds is 6. The van der Waals surface area contributed by atoms with E-state index in [0.29, 0.717) is 21.8 Å². The summed E-state index contributed by atoms with van der Waals surface area (Å²) in [5, 5.41) is 15.0. The van der Waals surface area contributed by atoms with Crippen LogP contribution in [0.15, 0.2) is 53.3 Å². The molecule has 150 valence electrons. The minimum absolute atomic E-state index is 0.0416. The van der Waals surface area contributed by atoms with Gasteiger partial charge in [-0.3, -0.25) is 19.5 Å². The van der Waals surface area contributed by atoms with Crippen molar-refractivity contribution in [3.63, 3.8) is 0 Å². The Morgan fingerprint density at radius 2 is 1.90 bits per heavy atom. The summed E-state index contributed by atoms with van der Waals surface area (Å²) in [6, 6.07) is 10.5. The van der Waals surface area contributed by atoms with Gasteiger partial charge in [-0.25, -0.2) is 9.07 Å². The van der Waals surface area contributed by atoms with Crippen molar-refractivity contribution < 1.29 is 19.1 Å². The van der Waals surface area contributed by atoms with Gasteiger partial charge >= 0.3 is 5.97 Å². The summed E-state index contributed by atoms with van der Waals surface area (Å²) in [5.41, 5.74) is 0.950. The van der Waals surface area contributed by atoms with E-state index < -0.39 is 35.7 Å². The maximum absolute atomic E-state index is 13.4. The molecule has 7 nitrogen and oxygen atoms in total. The number of carbonyl (C=O) groups is 2. The number of benzene rings is 2. The first-order valence-corrected chi connectivity index (χ1v) is 8.99. The van der Waals surface area contributed by atoms with Gasteiger partial charge in [0.2, 0.25) is 0 Å². The summed E-state index contributed by atoms with van der Waals surface area (Å²) in [5.74, 6) is -2.26. The van der Waals surface area contributed by atoms with Crippen LogP contribution in [-0.2, 0) is 4.79 Å². The Labute approximate surface area is 169 Å². The number of nitrogens with zero attached hydrogens (tertiary/aromatic N) is 1. The molecule has 0 radical (unpaired) electrons. The molecule has 2 aromatic carbocycles. The lowest BCUT2D eigenvalue weighted by Crippen LogP contribution is -2.31. The van der Waals surface area contributed by atoms with Gasteiger partial charge in [0.15, 0.2) is 0 Å². The second-order valence-electron chi connectivity index (χ2n) is 6.44. The van der Waals surface area contributed by atoms with Crippen molar-refractivity contribution in [1.29, 1.82) is 0 Å². The molecule has 29 heavy (non-hydrogen) atoms. The lowest BCUT2D eigenvalue weighted by molar-refractivity contribution is -0.137. The highest BCUT2D eigenvalue weighted by Gasteiger charge is 2.22. The topological polar surface area (TPSA) is 104 Å². The second-order valence-corrected chi connectivity index (χ2v) is 6.88. The Morgan fingerprint density at radius 3 is 2.52 bits per heavy atom. The quantitative estimate of drug-likeness (QED) is 0.572. The second kappa shape index (κ2) is 8.32.